The fourth-order valence-corrected chi connectivity index (χ4v) is 3.38. The fourth-order valence-electron chi connectivity index (χ4n) is 3.38. The van der Waals surface area contributed by atoms with Crippen LogP contribution in [0, 0.1) is 0 Å². The summed E-state index contributed by atoms with van der Waals surface area (Å²) in [5, 5.41) is 0. The number of hydrogen-bond donors (Lipinski definition) is 0. The van der Waals surface area contributed by atoms with Crippen molar-refractivity contribution in [2.75, 3.05) is 26.9 Å². The highest BCUT2D eigenvalue weighted by Crippen LogP contribution is 2.41. The van der Waals surface area contributed by atoms with Gasteiger partial charge in [0.25, 0.3) is 0 Å². The summed E-state index contributed by atoms with van der Waals surface area (Å²) in [6, 6.07) is -0.115. The number of carbonyl (C=O) groups is 1. The van der Waals surface area contributed by atoms with Crippen LogP contribution >= 0.6 is 0 Å². The molecule has 2 fully saturated rings. The summed E-state index contributed by atoms with van der Waals surface area (Å²) in [5.41, 5.74) is -0.430. The normalized spacial score (nSPS) is 34.2. The van der Waals surface area contributed by atoms with Gasteiger partial charge in [0.2, 0.25) is 0 Å². The first kappa shape index (κ1) is 14.8. The first-order valence-electron chi connectivity index (χ1n) is 6.88. The largest absolute Gasteiger partial charge is 0.468 e. The van der Waals surface area contributed by atoms with Crippen LogP contribution < -0.4 is 0 Å². The van der Waals surface area contributed by atoms with Gasteiger partial charge in [-0.2, -0.15) is 0 Å². The maximum Gasteiger partial charge on any atom is 0.325 e. The number of carbonyl (C=O) groups excluding carboxylic acids is 1. The van der Waals surface area contributed by atoms with Crippen molar-refractivity contribution in [3.05, 3.63) is 0 Å². The molecule has 0 bridgehead atoms. The van der Waals surface area contributed by atoms with Crippen LogP contribution in [0.25, 0.3) is 0 Å². The van der Waals surface area contributed by atoms with E-state index in [1.165, 1.54) is 7.11 Å². The molecular weight excluding hydrogens is 246 g/mol. The van der Waals surface area contributed by atoms with E-state index < -0.39 is 0 Å². The molecular formula is C14H25NO4. The van der Waals surface area contributed by atoms with Gasteiger partial charge in [0.05, 0.1) is 31.5 Å². The van der Waals surface area contributed by atoms with E-state index in [0.717, 1.165) is 13.0 Å². The summed E-state index contributed by atoms with van der Waals surface area (Å²) in [5.74, 6) is -0.222. The minimum Gasteiger partial charge on any atom is -0.468 e. The SMILES string of the molecule is COC(=O)C1COCCN1C1CC(C)(C)OC1(C)C. The molecule has 0 aromatic heterocycles. The van der Waals surface area contributed by atoms with Crippen LogP contribution in [-0.4, -0.2) is 61.0 Å². The lowest BCUT2D eigenvalue weighted by Crippen LogP contribution is -2.58. The number of esters is 1. The van der Waals surface area contributed by atoms with Crippen LogP contribution in [0.5, 0.6) is 0 Å². The highest BCUT2D eigenvalue weighted by Gasteiger charge is 2.51. The Labute approximate surface area is 115 Å². The number of methoxy groups -OCH3 is 1. The molecule has 2 aliphatic rings. The van der Waals surface area contributed by atoms with Crippen LogP contribution in [0.15, 0.2) is 0 Å². The predicted octanol–water partition coefficient (Wildman–Crippen LogP) is 1.21. The predicted molar refractivity (Wildman–Crippen MR) is 71.0 cm³/mol. The standard InChI is InChI=1S/C14H25NO4/c1-13(2)8-11(14(3,4)19-13)15-6-7-18-9-10(15)12(16)17-5/h10-11H,6-9H2,1-5H3. The molecule has 0 spiro atoms. The second-order valence-corrected chi connectivity index (χ2v) is 6.54. The van der Waals surface area contributed by atoms with Gasteiger partial charge < -0.3 is 14.2 Å². The molecule has 0 amide bonds. The van der Waals surface area contributed by atoms with E-state index >= 15 is 0 Å². The van der Waals surface area contributed by atoms with Crippen molar-refractivity contribution in [3.63, 3.8) is 0 Å². The molecule has 0 aromatic carbocycles. The van der Waals surface area contributed by atoms with Crippen molar-refractivity contribution < 1.29 is 19.0 Å². The van der Waals surface area contributed by atoms with Gasteiger partial charge in [-0.05, 0) is 34.1 Å². The monoisotopic (exact) mass is 271 g/mol. The Morgan fingerprint density at radius 2 is 2.00 bits per heavy atom. The summed E-state index contributed by atoms with van der Waals surface area (Å²) in [6.07, 6.45) is 0.910. The minimum absolute atomic E-state index is 0.160. The summed E-state index contributed by atoms with van der Waals surface area (Å²) in [7, 11) is 1.43. The zero-order valence-electron chi connectivity index (χ0n) is 12.6. The maximum atomic E-state index is 11.9. The molecule has 2 heterocycles. The van der Waals surface area contributed by atoms with Crippen molar-refractivity contribution in [2.45, 2.75) is 57.4 Å². The molecule has 5 nitrogen and oxygen atoms in total. The van der Waals surface area contributed by atoms with Gasteiger partial charge in [0, 0.05) is 12.6 Å². The number of nitrogens with zero attached hydrogens (tertiary/aromatic N) is 1. The molecule has 2 aliphatic heterocycles. The number of hydrogen-bond acceptors (Lipinski definition) is 5. The Morgan fingerprint density at radius 1 is 1.32 bits per heavy atom. The maximum absolute atomic E-state index is 11.9. The van der Waals surface area contributed by atoms with Gasteiger partial charge in [-0.3, -0.25) is 9.69 Å². The number of morpholine rings is 1. The Hall–Kier alpha value is -0.650. The average Bonchev–Trinajstić information content (AvgIpc) is 2.56. The van der Waals surface area contributed by atoms with Gasteiger partial charge >= 0.3 is 5.97 Å². The Kier molecular flexibility index (Phi) is 3.91. The second-order valence-electron chi connectivity index (χ2n) is 6.54. The molecule has 2 unspecified atom stereocenters. The van der Waals surface area contributed by atoms with Gasteiger partial charge in [0.15, 0.2) is 0 Å². The quantitative estimate of drug-likeness (QED) is 0.706. The molecule has 0 aromatic rings. The lowest BCUT2D eigenvalue weighted by molar-refractivity contribution is -0.158. The lowest BCUT2D eigenvalue weighted by Gasteiger charge is -2.42. The molecule has 0 N–H and O–H groups in total. The molecule has 110 valence electrons. The third kappa shape index (κ3) is 2.93. The summed E-state index contributed by atoms with van der Waals surface area (Å²) in [4.78, 5) is 14.1. The highest BCUT2D eigenvalue weighted by molar-refractivity contribution is 5.76. The van der Waals surface area contributed by atoms with E-state index in [2.05, 4.69) is 32.6 Å². The number of ether oxygens (including phenoxy) is 3. The summed E-state index contributed by atoms with van der Waals surface area (Å²) < 4.78 is 16.5. The Morgan fingerprint density at radius 3 is 2.53 bits per heavy atom. The van der Waals surface area contributed by atoms with E-state index in [1.807, 2.05) is 0 Å². The van der Waals surface area contributed by atoms with Crippen molar-refractivity contribution in [3.8, 4) is 0 Å². The molecule has 0 radical (unpaired) electrons. The van der Waals surface area contributed by atoms with E-state index in [-0.39, 0.29) is 29.3 Å². The van der Waals surface area contributed by atoms with Crippen molar-refractivity contribution in [1.29, 1.82) is 0 Å². The zero-order chi connectivity index (χ0) is 14.3. The van der Waals surface area contributed by atoms with Crippen LogP contribution in [0.2, 0.25) is 0 Å². The van der Waals surface area contributed by atoms with Crippen LogP contribution in [0.1, 0.15) is 34.1 Å². The molecule has 0 aliphatic carbocycles. The topological polar surface area (TPSA) is 48.0 Å². The first-order chi connectivity index (χ1) is 8.77. The Balaban J connectivity index is 2.20. The summed E-state index contributed by atoms with van der Waals surface area (Å²) >= 11 is 0. The molecule has 2 atom stereocenters. The second kappa shape index (κ2) is 5.04. The van der Waals surface area contributed by atoms with Crippen molar-refractivity contribution >= 4 is 5.97 Å². The summed E-state index contributed by atoms with van der Waals surface area (Å²) in [6.45, 7) is 10.2. The molecule has 2 rings (SSSR count). The van der Waals surface area contributed by atoms with Gasteiger partial charge in [-0.25, -0.2) is 0 Å². The van der Waals surface area contributed by atoms with Gasteiger partial charge in [-0.1, -0.05) is 0 Å². The third-order valence-electron chi connectivity index (χ3n) is 4.07. The first-order valence-corrected chi connectivity index (χ1v) is 6.88. The average molecular weight is 271 g/mol. The van der Waals surface area contributed by atoms with Crippen molar-refractivity contribution in [2.24, 2.45) is 0 Å². The highest BCUT2D eigenvalue weighted by atomic mass is 16.5. The third-order valence-corrected chi connectivity index (χ3v) is 4.07. The Bertz CT molecular complexity index is 353. The van der Waals surface area contributed by atoms with E-state index in [0.29, 0.717) is 13.2 Å². The van der Waals surface area contributed by atoms with E-state index in [1.54, 1.807) is 0 Å². The molecule has 2 saturated heterocycles. The van der Waals surface area contributed by atoms with Crippen LogP contribution in [0.3, 0.4) is 0 Å². The van der Waals surface area contributed by atoms with Gasteiger partial charge in [-0.15, -0.1) is 0 Å². The zero-order valence-corrected chi connectivity index (χ0v) is 12.6. The van der Waals surface area contributed by atoms with Gasteiger partial charge in [0.1, 0.15) is 6.04 Å². The fraction of sp³-hybridized carbons (Fsp3) is 0.929. The molecule has 5 heteroatoms. The van der Waals surface area contributed by atoms with Crippen molar-refractivity contribution in [1.82, 2.24) is 4.90 Å². The number of rotatable bonds is 2. The lowest BCUT2D eigenvalue weighted by atomic mass is 9.91. The molecule has 0 saturated carbocycles. The van der Waals surface area contributed by atoms with Crippen LogP contribution in [0.4, 0.5) is 0 Å². The smallest absolute Gasteiger partial charge is 0.325 e. The van der Waals surface area contributed by atoms with E-state index in [9.17, 15) is 4.79 Å². The molecule has 19 heavy (non-hydrogen) atoms. The minimum atomic E-state index is -0.319. The van der Waals surface area contributed by atoms with E-state index in [4.69, 9.17) is 14.2 Å². The van der Waals surface area contributed by atoms with Crippen LogP contribution in [-0.2, 0) is 19.0 Å².